The van der Waals surface area contributed by atoms with E-state index in [1.165, 1.54) is 25.9 Å². The molecule has 0 aromatic heterocycles. The minimum absolute atomic E-state index is 0.199. The van der Waals surface area contributed by atoms with Gasteiger partial charge in [-0.1, -0.05) is 0 Å². The van der Waals surface area contributed by atoms with Crippen LogP contribution in [0.3, 0.4) is 0 Å². The van der Waals surface area contributed by atoms with E-state index in [4.69, 9.17) is 5.73 Å². The fourth-order valence-electron chi connectivity index (χ4n) is 3.04. The standard InChI is InChI=1S/C13H26N4O/c14-13(18)11-17(12-3-5-15-6-4-12)10-9-16-7-1-2-8-16/h12,15H,1-11H2,(H2,14,18). The average molecular weight is 254 g/mol. The zero-order chi connectivity index (χ0) is 12.8. The summed E-state index contributed by atoms with van der Waals surface area (Å²) in [5, 5.41) is 3.37. The van der Waals surface area contributed by atoms with Gasteiger partial charge in [-0.2, -0.15) is 0 Å². The smallest absolute Gasteiger partial charge is 0.231 e. The van der Waals surface area contributed by atoms with E-state index >= 15 is 0 Å². The molecule has 2 fully saturated rings. The second kappa shape index (κ2) is 7.07. The van der Waals surface area contributed by atoms with Gasteiger partial charge in [0.1, 0.15) is 0 Å². The Morgan fingerprint density at radius 3 is 2.56 bits per heavy atom. The van der Waals surface area contributed by atoms with Crippen molar-refractivity contribution in [1.82, 2.24) is 15.1 Å². The molecule has 5 nitrogen and oxygen atoms in total. The Morgan fingerprint density at radius 1 is 1.28 bits per heavy atom. The number of amides is 1. The van der Waals surface area contributed by atoms with Gasteiger partial charge >= 0.3 is 0 Å². The van der Waals surface area contributed by atoms with E-state index in [2.05, 4.69) is 15.1 Å². The number of carbonyl (C=O) groups excluding carboxylic acids is 1. The highest BCUT2D eigenvalue weighted by molar-refractivity contribution is 5.75. The topological polar surface area (TPSA) is 61.6 Å². The molecule has 0 aliphatic carbocycles. The molecule has 0 bridgehead atoms. The maximum absolute atomic E-state index is 11.2. The van der Waals surface area contributed by atoms with Gasteiger partial charge in [0.15, 0.2) is 0 Å². The molecule has 18 heavy (non-hydrogen) atoms. The lowest BCUT2D eigenvalue weighted by Gasteiger charge is -2.34. The molecule has 1 amide bonds. The van der Waals surface area contributed by atoms with Crippen LogP contribution < -0.4 is 11.1 Å². The SMILES string of the molecule is NC(=O)CN(CCN1CCCC1)C1CCNCC1. The van der Waals surface area contributed by atoms with Crippen molar-refractivity contribution in [3.63, 3.8) is 0 Å². The summed E-state index contributed by atoms with van der Waals surface area (Å²) in [4.78, 5) is 16.0. The van der Waals surface area contributed by atoms with Gasteiger partial charge < -0.3 is 16.0 Å². The minimum atomic E-state index is -0.199. The molecule has 0 saturated carbocycles. The van der Waals surface area contributed by atoms with Crippen LogP contribution in [0, 0.1) is 0 Å². The number of hydrogen-bond acceptors (Lipinski definition) is 4. The molecule has 2 aliphatic rings. The largest absolute Gasteiger partial charge is 0.369 e. The molecule has 0 radical (unpaired) electrons. The molecule has 2 heterocycles. The molecule has 2 aliphatic heterocycles. The van der Waals surface area contributed by atoms with Crippen molar-refractivity contribution >= 4 is 5.91 Å². The first kappa shape index (κ1) is 13.8. The Labute approximate surface area is 110 Å². The van der Waals surface area contributed by atoms with Crippen LogP contribution in [-0.4, -0.2) is 67.6 Å². The fourth-order valence-corrected chi connectivity index (χ4v) is 3.04. The Hall–Kier alpha value is -0.650. The lowest BCUT2D eigenvalue weighted by Crippen LogP contribution is -2.48. The van der Waals surface area contributed by atoms with Crippen LogP contribution in [0.4, 0.5) is 0 Å². The molecule has 3 N–H and O–H groups in total. The van der Waals surface area contributed by atoms with E-state index in [9.17, 15) is 4.79 Å². The predicted octanol–water partition coefficient (Wildman–Crippen LogP) is -0.378. The van der Waals surface area contributed by atoms with Gasteiger partial charge in [-0.05, 0) is 51.9 Å². The number of nitrogens with zero attached hydrogens (tertiary/aromatic N) is 2. The zero-order valence-corrected chi connectivity index (χ0v) is 11.2. The fraction of sp³-hybridized carbons (Fsp3) is 0.923. The van der Waals surface area contributed by atoms with Crippen LogP contribution in [0.2, 0.25) is 0 Å². The number of piperidine rings is 1. The van der Waals surface area contributed by atoms with Crippen molar-refractivity contribution in [2.24, 2.45) is 5.73 Å². The van der Waals surface area contributed by atoms with Crippen LogP contribution in [0.5, 0.6) is 0 Å². The summed E-state index contributed by atoms with van der Waals surface area (Å²) in [5.74, 6) is -0.199. The highest BCUT2D eigenvalue weighted by atomic mass is 16.1. The summed E-state index contributed by atoms with van der Waals surface area (Å²) in [5.41, 5.74) is 5.37. The van der Waals surface area contributed by atoms with E-state index in [0.29, 0.717) is 12.6 Å². The zero-order valence-electron chi connectivity index (χ0n) is 11.2. The van der Waals surface area contributed by atoms with Crippen LogP contribution in [0.25, 0.3) is 0 Å². The number of nitrogens with two attached hydrogens (primary N) is 1. The van der Waals surface area contributed by atoms with Crippen molar-refractivity contribution in [3.8, 4) is 0 Å². The van der Waals surface area contributed by atoms with E-state index in [-0.39, 0.29) is 5.91 Å². The normalized spacial score (nSPS) is 22.7. The van der Waals surface area contributed by atoms with Gasteiger partial charge in [0.2, 0.25) is 5.91 Å². The van der Waals surface area contributed by atoms with Crippen LogP contribution in [0.1, 0.15) is 25.7 Å². The third-order valence-corrected chi connectivity index (χ3v) is 4.09. The molecular weight excluding hydrogens is 228 g/mol. The monoisotopic (exact) mass is 254 g/mol. The molecule has 0 unspecified atom stereocenters. The number of primary amides is 1. The molecule has 0 aromatic carbocycles. The summed E-state index contributed by atoms with van der Waals surface area (Å²) in [6.07, 6.45) is 4.91. The van der Waals surface area contributed by atoms with Crippen molar-refractivity contribution in [2.45, 2.75) is 31.7 Å². The highest BCUT2D eigenvalue weighted by Crippen LogP contribution is 2.13. The number of hydrogen-bond donors (Lipinski definition) is 2. The average Bonchev–Trinajstić information content (AvgIpc) is 2.88. The lowest BCUT2D eigenvalue weighted by molar-refractivity contribution is -0.119. The molecule has 0 atom stereocenters. The highest BCUT2D eigenvalue weighted by Gasteiger charge is 2.23. The van der Waals surface area contributed by atoms with E-state index in [0.717, 1.165) is 39.0 Å². The first-order chi connectivity index (χ1) is 8.75. The van der Waals surface area contributed by atoms with Crippen molar-refractivity contribution in [3.05, 3.63) is 0 Å². The molecule has 104 valence electrons. The molecule has 0 spiro atoms. The maximum atomic E-state index is 11.2. The summed E-state index contributed by atoms with van der Waals surface area (Å²) in [6.45, 7) is 7.03. The third kappa shape index (κ3) is 4.23. The summed E-state index contributed by atoms with van der Waals surface area (Å²) in [7, 11) is 0. The van der Waals surface area contributed by atoms with Gasteiger partial charge in [-0.15, -0.1) is 0 Å². The van der Waals surface area contributed by atoms with Crippen molar-refractivity contribution in [2.75, 3.05) is 45.8 Å². The molecule has 2 rings (SSSR count). The molecule has 5 heteroatoms. The van der Waals surface area contributed by atoms with Gasteiger partial charge in [0.25, 0.3) is 0 Å². The molecule has 0 aromatic rings. The molecular formula is C13H26N4O. The van der Waals surface area contributed by atoms with Gasteiger partial charge in [0.05, 0.1) is 6.54 Å². The predicted molar refractivity (Wildman–Crippen MR) is 72.3 cm³/mol. The summed E-state index contributed by atoms with van der Waals surface area (Å²) < 4.78 is 0. The second-order valence-electron chi connectivity index (χ2n) is 5.47. The van der Waals surface area contributed by atoms with Gasteiger partial charge in [-0.25, -0.2) is 0 Å². The van der Waals surface area contributed by atoms with Crippen molar-refractivity contribution < 1.29 is 4.79 Å². The van der Waals surface area contributed by atoms with E-state index in [1.807, 2.05) is 0 Å². The second-order valence-corrected chi connectivity index (χ2v) is 5.47. The summed E-state index contributed by atoms with van der Waals surface area (Å²) >= 11 is 0. The summed E-state index contributed by atoms with van der Waals surface area (Å²) in [6, 6.07) is 0.529. The number of nitrogens with one attached hydrogen (secondary N) is 1. The van der Waals surface area contributed by atoms with Gasteiger partial charge in [0, 0.05) is 19.1 Å². The van der Waals surface area contributed by atoms with Crippen LogP contribution in [0.15, 0.2) is 0 Å². The number of likely N-dealkylation sites (tertiary alicyclic amines) is 1. The first-order valence-electron chi connectivity index (χ1n) is 7.21. The van der Waals surface area contributed by atoms with Crippen molar-refractivity contribution in [1.29, 1.82) is 0 Å². The van der Waals surface area contributed by atoms with Crippen LogP contribution in [-0.2, 0) is 4.79 Å². The maximum Gasteiger partial charge on any atom is 0.231 e. The Kier molecular flexibility index (Phi) is 5.41. The van der Waals surface area contributed by atoms with Crippen LogP contribution >= 0.6 is 0 Å². The Balaban J connectivity index is 1.80. The minimum Gasteiger partial charge on any atom is -0.369 e. The lowest BCUT2D eigenvalue weighted by atomic mass is 10.0. The Bertz CT molecular complexity index is 260. The number of rotatable bonds is 6. The van der Waals surface area contributed by atoms with E-state index in [1.54, 1.807) is 0 Å². The third-order valence-electron chi connectivity index (χ3n) is 4.09. The quantitative estimate of drug-likeness (QED) is 0.678. The molecule has 2 saturated heterocycles. The van der Waals surface area contributed by atoms with Gasteiger partial charge in [-0.3, -0.25) is 9.69 Å². The Morgan fingerprint density at radius 2 is 1.94 bits per heavy atom. The van der Waals surface area contributed by atoms with E-state index < -0.39 is 0 Å². The number of carbonyl (C=O) groups is 1. The first-order valence-corrected chi connectivity index (χ1v) is 7.21.